The summed E-state index contributed by atoms with van der Waals surface area (Å²) in [7, 11) is -3.37. The Morgan fingerprint density at radius 1 is 1.12 bits per heavy atom. The van der Waals surface area contributed by atoms with Crippen molar-refractivity contribution in [2.45, 2.75) is 58.4 Å². The number of nitrogens with zero attached hydrogens (tertiary/aromatic N) is 1. The van der Waals surface area contributed by atoms with Crippen LogP contribution in [0.2, 0.25) is 0 Å². The molecule has 0 radical (unpaired) electrons. The van der Waals surface area contributed by atoms with Crippen molar-refractivity contribution in [1.29, 1.82) is 0 Å². The van der Waals surface area contributed by atoms with Crippen LogP contribution in [0.15, 0.2) is 50.9 Å². The van der Waals surface area contributed by atoms with Gasteiger partial charge in [-0.3, -0.25) is 0 Å². The van der Waals surface area contributed by atoms with E-state index in [-0.39, 0.29) is 16.7 Å². The molecule has 32 heavy (non-hydrogen) atoms. The van der Waals surface area contributed by atoms with E-state index >= 15 is 0 Å². The highest BCUT2D eigenvalue weighted by molar-refractivity contribution is 7.91. The van der Waals surface area contributed by atoms with Crippen molar-refractivity contribution in [3.05, 3.63) is 46.0 Å². The van der Waals surface area contributed by atoms with Crippen LogP contribution in [0.3, 0.4) is 0 Å². The first kappa shape index (κ1) is 28.5. The molecule has 0 aliphatic carbocycles. The first-order chi connectivity index (χ1) is 15.1. The van der Waals surface area contributed by atoms with Crippen LogP contribution in [-0.2, 0) is 9.84 Å². The smallest absolute Gasteiger partial charge is 0.319 e. The molecule has 0 saturated heterocycles. The average Bonchev–Trinajstić information content (AvgIpc) is 2.76. The van der Waals surface area contributed by atoms with E-state index in [1.165, 1.54) is 12.1 Å². The highest BCUT2D eigenvalue weighted by Gasteiger charge is 2.17. The van der Waals surface area contributed by atoms with E-state index in [9.17, 15) is 13.2 Å². The van der Waals surface area contributed by atoms with Crippen molar-refractivity contribution in [2.75, 3.05) is 30.7 Å². The Labute approximate surface area is 203 Å². The Bertz CT molecular complexity index is 909. The molecule has 0 heterocycles. The molecule has 0 bridgehead atoms. The molecule has 0 aliphatic rings. The summed E-state index contributed by atoms with van der Waals surface area (Å²) in [4.78, 5) is 14.8. The van der Waals surface area contributed by atoms with Crippen molar-refractivity contribution in [1.82, 2.24) is 10.2 Å². The standard InChI is InChI=1S/C23H35Cl2N3O3S/c1-6-20(22(25)21(24)7-2)17(5)26-23(29)27-18-11-13-19(14-12-18)32(30,31)16-10-15-28(8-3)9-4/h6,11-14,17H,7-10,15-16H2,1-5H3,(H2,26,27,29)/b20-6-,22-21-. The Morgan fingerprint density at radius 3 is 2.22 bits per heavy atom. The predicted molar refractivity (Wildman–Crippen MR) is 135 cm³/mol. The number of rotatable bonds is 12. The second-order valence-electron chi connectivity index (χ2n) is 7.36. The van der Waals surface area contributed by atoms with Crippen LogP contribution in [0, 0.1) is 0 Å². The van der Waals surface area contributed by atoms with Gasteiger partial charge >= 0.3 is 6.03 Å². The van der Waals surface area contributed by atoms with Crippen LogP contribution in [0.1, 0.15) is 47.5 Å². The molecule has 0 fully saturated rings. The van der Waals surface area contributed by atoms with Crippen LogP contribution in [-0.4, -0.2) is 50.8 Å². The van der Waals surface area contributed by atoms with Crippen LogP contribution in [0.4, 0.5) is 10.5 Å². The maximum atomic E-state index is 12.6. The number of amides is 2. The van der Waals surface area contributed by atoms with Gasteiger partial charge in [-0.1, -0.05) is 50.0 Å². The van der Waals surface area contributed by atoms with Crippen molar-refractivity contribution < 1.29 is 13.2 Å². The lowest BCUT2D eigenvalue weighted by atomic mass is 10.1. The molecule has 2 N–H and O–H groups in total. The molecule has 0 aromatic heterocycles. The lowest BCUT2D eigenvalue weighted by Crippen LogP contribution is -2.37. The molecule has 1 rings (SSSR count). The van der Waals surface area contributed by atoms with Gasteiger partial charge in [0.2, 0.25) is 0 Å². The molecular weight excluding hydrogens is 469 g/mol. The largest absolute Gasteiger partial charge is 0.331 e. The molecule has 180 valence electrons. The second kappa shape index (κ2) is 13.9. The summed E-state index contributed by atoms with van der Waals surface area (Å²) in [6.45, 7) is 12.2. The summed E-state index contributed by atoms with van der Waals surface area (Å²) in [6, 6.07) is 5.41. The third-order valence-corrected chi connectivity index (χ3v) is 8.00. The van der Waals surface area contributed by atoms with Gasteiger partial charge in [0, 0.05) is 10.7 Å². The van der Waals surface area contributed by atoms with E-state index in [1.54, 1.807) is 12.1 Å². The number of benzene rings is 1. The van der Waals surface area contributed by atoms with Gasteiger partial charge in [-0.25, -0.2) is 13.2 Å². The topological polar surface area (TPSA) is 78.5 Å². The van der Waals surface area contributed by atoms with E-state index in [2.05, 4.69) is 29.4 Å². The van der Waals surface area contributed by atoms with Crippen molar-refractivity contribution >= 4 is 44.8 Å². The molecular formula is C23H35Cl2N3O3S. The maximum absolute atomic E-state index is 12.6. The second-order valence-corrected chi connectivity index (χ2v) is 10.3. The van der Waals surface area contributed by atoms with Crippen LogP contribution >= 0.6 is 23.2 Å². The first-order valence-corrected chi connectivity index (χ1v) is 13.3. The predicted octanol–water partition coefficient (Wildman–Crippen LogP) is 5.75. The summed E-state index contributed by atoms with van der Waals surface area (Å²) in [5, 5.41) is 6.49. The first-order valence-electron chi connectivity index (χ1n) is 10.9. The van der Waals surface area contributed by atoms with Crippen molar-refractivity contribution in [2.24, 2.45) is 0 Å². The van der Waals surface area contributed by atoms with Gasteiger partial charge in [0.1, 0.15) is 0 Å². The highest BCUT2D eigenvalue weighted by atomic mass is 35.5. The van der Waals surface area contributed by atoms with Crippen molar-refractivity contribution in [3.63, 3.8) is 0 Å². The zero-order valence-corrected chi connectivity index (χ0v) is 21.9. The molecule has 0 aliphatic heterocycles. The molecule has 1 unspecified atom stereocenters. The normalized spacial score (nSPS) is 14.2. The molecule has 2 amide bonds. The van der Waals surface area contributed by atoms with E-state index in [0.717, 1.165) is 25.2 Å². The Morgan fingerprint density at radius 2 is 1.72 bits per heavy atom. The van der Waals surface area contributed by atoms with Gasteiger partial charge in [0.25, 0.3) is 0 Å². The minimum atomic E-state index is -3.37. The summed E-state index contributed by atoms with van der Waals surface area (Å²) < 4.78 is 25.1. The quantitative estimate of drug-likeness (QED) is 0.356. The molecule has 1 aromatic rings. The zero-order valence-electron chi connectivity index (χ0n) is 19.5. The zero-order chi connectivity index (χ0) is 24.3. The number of anilines is 1. The summed E-state index contributed by atoms with van der Waals surface area (Å²) >= 11 is 12.5. The number of sulfone groups is 1. The van der Waals surface area contributed by atoms with Gasteiger partial charge in [-0.2, -0.15) is 0 Å². The third-order valence-electron chi connectivity index (χ3n) is 5.18. The molecule has 0 saturated carbocycles. The van der Waals surface area contributed by atoms with Crippen LogP contribution in [0.25, 0.3) is 0 Å². The number of urea groups is 1. The number of nitrogens with one attached hydrogen (secondary N) is 2. The van der Waals surface area contributed by atoms with E-state index in [0.29, 0.717) is 28.6 Å². The molecule has 6 nitrogen and oxygen atoms in total. The van der Waals surface area contributed by atoms with Gasteiger partial charge in [0.05, 0.1) is 21.7 Å². The monoisotopic (exact) mass is 503 g/mol. The molecule has 9 heteroatoms. The molecule has 1 aromatic carbocycles. The number of carbonyl (C=O) groups is 1. The Kier molecular flexibility index (Phi) is 12.4. The van der Waals surface area contributed by atoms with Gasteiger partial charge < -0.3 is 15.5 Å². The SMILES string of the molecule is C/C=C(\C(Cl)=C(\Cl)CC)C(C)NC(=O)Nc1ccc(S(=O)(=O)CCCN(CC)CC)cc1. The Hall–Kier alpha value is -1.54. The highest BCUT2D eigenvalue weighted by Crippen LogP contribution is 2.26. The number of allylic oxidation sites excluding steroid dienone is 2. The summed E-state index contributed by atoms with van der Waals surface area (Å²) in [5.41, 5.74) is 1.21. The minimum absolute atomic E-state index is 0.0923. The fourth-order valence-corrected chi connectivity index (χ4v) is 5.01. The summed E-state index contributed by atoms with van der Waals surface area (Å²) in [6.07, 6.45) is 2.99. The van der Waals surface area contributed by atoms with Crippen LogP contribution < -0.4 is 10.6 Å². The van der Waals surface area contributed by atoms with Crippen LogP contribution in [0.5, 0.6) is 0 Å². The summed E-state index contributed by atoms with van der Waals surface area (Å²) in [5.74, 6) is 0.0923. The lowest BCUT2D eigenvalue weighted by molar-refractivity contribution is 0.250. The fraction of sp³-hybridized carbons (Fsp3) is 0.522. The number of hydrogen-bond donors (Lipinski definition) is 2. The lowest BCUT2D eigenvalue weighted by Gasteiger charge is -2.19. The number of carbonyl (C=O) groups excluding carboxylic acids is 1. The fourth-order valence-electron chi connectivity index (χ4n) is 3.20. The van der Waals surface area contributed by atoms with Gasteiger partial charge in [-0.05, 0) is 76.2 Å². The Balaban J connectivity index is 2.72. The molecule has 1 atom stereocenters. The van der Waals surface area contributed by atoms with Gasteiger partial charge in [0.15, 0.2) is 9.84 Å². The number of halogens is 2. The van der Waals surface area contributed by atoms with Crippen molar-refractivity contribution in [3.8, 4) is 0 Å². The average molecular weight is 505 g/mol. The number of hydrogen-bond acceptors (Lipinski definition) is 4. The van der Waals surface area contributed by atoms with Gasteiger partial charge in [-0.15, -0.1) is 0 Å². The minimum Gasteiger partial charge on any atom is -0.331 e. The van der Waals surface area contributed by atoms with E-state index in [4.69, 9.17) is 23.2 Å². The van der Waals surface area contributed by atoms with E-state index < -0.39 is 15.9 Å². The third kappa shape index (κ3) is 8.77. The molecule has 0 spiro atoms. The van der Waals surface area contributed by atoms with E-state index in [1.807, 2.05) is 26.8 Å². The maximum Gasteiger partial charge on any atom is 0.319 e.